The van der Waals surface area contributed by atoms with Gasteiger partial charge in [-0.1, -0.05) is 80.3 Å². The van der Waals surface area contributed by atoms with Crippen LogP contribution in [0.3, 0.4) is 0 Å². The van der Waals surface area contributed by atoms with Gasteiger partial charge >= 0.3 is 0 Å². The van der Waals surface area contributed by atoms with Gasteiger partial charge in [0, 0.05) is 14.0 Å². The SMILES string of the molecule is C[Si](C)(C)C[C@@H](c1ccccc1)[C@@H](O)c1ccccc1. The normalized spacial score (nSPS) is 14.8. The highest BCUT2D eigenvalue weighted by atomic mass is 28.3. The highest BCUT2D eigenvalue weighted by Gasteiger charge is 2.28. The van der Waals surface area contributed by atoms with Crippen molar-refractivity contribution in [3.8, 4) is 0 Å². The zero-order valence-corrected chi connectivity index (χ0v) is 13.6. The summed E-state index contributed by atoms with van der Waals surface area (Å²) in [6.45, 7) is 7.09. The highest BCUT2D eigenvalue weighted by molar-refractivity contribution is 6.76. The largest absolute Gasteiger partial charge is 0.388 e. The minimum absolute atomic E-state index is 0.185. The van der Waals surface area contributed by atoms with E-state index in [9.17, 15) is 5.11 Å². The Labute approximate surface area is 123 Å². The minimum Gasteiger partial charge on any atom is -0.388 e. The first-order valence-corrected chi connectivity index (χ1v) is 11.0. The van der Waals surface area contributed by atoms with E-state index in [0.29, 0.717) is 0 Å². The first kappa shape index (κ1) is 15.0. The van der Waals surface area contributed by atoms with Gasteiger partial charge in [0.15, 0.2) is 0 Å². The van der Waals surface area contributed by atoms with Gasteiger partial charge in [-0.2, -0.15) is 0 Å². The number of hydrogen-bond donors (Lipinski definition) is 1. The molecule has 2 rings (SSSR count). The summed E-state index contributed by atoms with van der Waals surface area (Å²) in [5.41, 5.74) is 2.26. The van der Waals surface area contributed by atoms with Crippen LogP contribution in [0.5, 0.6) is 0 Å². The molecule has 0 radical (unpaired) electrons. The van der Waals surface area contributed by atoms with Crippen molar-refractivity contribution in [2.75, 3.05) is 0 Å². The van der Waals surface area contributed by atoms with Crippen molar-refractivity contribution in [1.82, 2.24) is 0 Å². The maximum absolute atomic E-state index is 10.8. The third-order valence-corrected chi connectivity index (χ3v) is 5.25. The lowest BCUT2D eigenvalue weighted by Gasteiger charge is -2.29. The lowest BCUT2D eigenvalue weighted by Crippen LogP contribution is -2.26. The minimum atomic E-state index is -1.26. The molecule has 0 saturated carbocycles. The second kappa shape index (κ2) is 6.38. The molecule has 0 aliphatic carbocycles. The molecule has 0 aliphatic heterocycles. The Hall–Kier alpha value is -1.38. The van der Waals surface area contributed by atoms with Gasteiger partial charge in [0.1, 0.15) is 0 Å². The Morgan fingerprint density at radius 3 is 1.70 bits per heavy atom. The van der Waals surface area contributed by atoms with Gasteiger partial charge in [0.05, 0.1) is 6.10 Å². The Balaban J connectivity index is 2.32. The van der Waals surface area contributed by atoms with Gasteiger partial charge in [-0.05, 0) is 17.2 Å². The van der Waals surface area contributed by atoms with Crippen LogP contribution in [0.15, 0.2) is 60.7 Å². The average Bonchev–Trinajstić information content (AvgIpc) is 2.45. The molecule has 0 saturated heterocycles. The van der Waals surface area contributed by atoms with Crippen LogP contribution in [-0.4, -0.2) is 13.2 Å². The van der Waals surface area contributed by atoms with Crippen LogP contribution in [0.25, 0.3) is 0 Å². The van der Waals surface area contributed by atoms with E-state index in [1.54, 1.807) is 0 Å². The van der Waals surface area contributed by atoms with E-state index in [4.69, 9.17) is 0 Å². The quantitative estimate of drug-likeness (QED) is 0.779. The summed E-state index contributed by atoms with van der Waals surface area (Å²) < 4.78 is 0. The molecule has 0 amide bonds. The topological polar surface area (TPSA) is 20.2 Å². The molecule has 0 spiro atoms. The molecule has 2 aromatic carbocycles. The van der Waals surface area contributed by atoms with E-state index in [1.165, 1.54) is 5.56 Å². The van der Waals surface area contributed by atoms with Crippen molar-refractivity contribution < 1.29 is 5.11 Å². The summed E-state index contributed by atoms with van der Waals surface area (Å²) in [7, 11) is -1.26. The van der Waals surface area contributed by atoms with E-state index in [1.807, 2.05) is 36.4 Å². The highest BCUT2D eigenvalue weighted by Crippen LogP contribution is 2.37. The van der Waals surface area contributed by atoms with Gasteiger partial charge in [0.25, 0.3) is 0 Å². The molecule has 0 unspecified atom stereocenters. The second-order valence-corrected chi connectivity index (χ2v) is 12.2. The molecule has 1 nitrogen and oxygen atoms in total. The number of hydrogen-bond acceptors (Lipinski definition) is 1. The summed E-state index contributed by atoms with van der Waals surface area (Å²) in [6, 6.07) is 21.5. The maximum Gasteiger partial charge on any atom is 0.0855 e. The van der Waals surface area contributed by atoms with Crippen molar-refractivity contribution in [2.45, 2.75) is 37.7 Å². The zero-order chi connectivity index (χ0) is 14.6. The van der Waals surface area contributed by atoms with Crippen LogP contribution in [0.4, 0.5) is 0 Å². The number of aliphatic hydroxyl groups is 1. The molecule has 0 heterocycles. The van der Waals surface area contributed by atoms with Crippen LogP contribution in [0, 0.1) is 0 Å². The summed E-state index contributed by atoms with van der Waals surface area (Å²) in [5, 5.41) is 10.8. The van der Waals surface area contributed by atoms with Crippen LogP contribution in [0.1, 0.15) is 23.1 Å². The third kappa shape index (κ3) is 4.05. The molecule has 106 valence electrons. The van der Waals surface area contributed by atoms with Gasteiger partial charge in [0.2, 0.25) is 0 Å². The molecule has 0 aliphatic rings. The first-order valence-electron chi connectivity index (χ1n) is 7.25. The fourth-order valence-corrected chi connectivity index (χ4v) is 4.43. The van der Waals surface area contributed by atoms with E-state index >= 15 is 0 Å². The first-order chi connectivity index (χ1) is 9.47. The molecule has 1 N–H and O–H groups in total. The Kier molecular flexibility index (Phi) is 4.79. The van der Waals surface area contributed by atoms with E-state index in [-0.39, 0.29) is 5.92 Å². The van der Waals surface area contributed by atoms with Crippen LogP contribution < -0.4 is 0 Å². The molecule has 2 heteroatoms. The smallest absolute Gasteiger partial charge is 0.0855 e. The molecule has 2 aromatic rings. The monoisotopic (exact) mass is 284 g/mol. The Morgan fingerprint density at radius 2 is 1.25 bits per heavy atom. The summed E-state index contributed by atoms with van der Waals surface area (Å²) >= 11 is 0. The number of aliphatic hydroxyl groups excluding tert-OH is 1. The molecule has 0 bridgehead atoms. The van der Waals surface area contributed by atoms with Gasteiger partial charge in [-0.15, -0.1) is 0 Å². The summed E-state index contributed by atoms with van der Waals surface area (Å²) in [4.78, 5) is 0. The number of benzene rings is 2. The molecular weight excluding hydrogens is 260 g/mol. The fourth-order valence-electron chi connectivity index (χ4n) is 2.65. The maximum atomic E-state index is 10.8. The lowest BCUT2D eigenvalue weighted by molar-refractivity contribution is 0.151. The zero-order valence-electron chi connectivity index (χ0n) is 12.6. The third-order valence-electron chi connectivity index (χ3n) is 3.58. The fraction of sp³-hybridized carbons (Fsp3) is 0.333. The second-order valence-electron chi connectivity index (χ2n) is 6.64. The van der Waals surface area contributed by atoms with Gasteiger partial charge in [-0.3, -0.25) is 0 Å². The van der Waals surface area contributed by atoms with Crippen LogP contribution in [-0.2, 0) is 0 Å². The lowest BCUT2D eigenvalue weighted by atomic mass is 9.90. The van der Waals surface area contributed by atoms with E-state index < -0.39 is 14.2 Å². The number of rotatable bonds is 5. The van der Waals surface area contributed by atoms with Gasteiger partial charge < -0.3 is 5.11 Å². The molecular formula is C18H24OSi. The van der Waals surface area contributed by atoms with Crippen molar-refractivity contribution in [1.29, 1.82) is 0 Å². The van der Waals surface area contributed by atoms with E-state index in [0.717, 1.165) is 11.6 Å². The van der Waals surface area contributed by atoms with Gasteiger partial charge in [-0.25, -0.2) is 0 Å². The molecule has 0 aromatic heterocycles. The van der Waals surface area contributed by atoms with Crippen molar-refractivity contribution in [2.24, 2.45) is 0 Å². The Morgan fingerprint density at radius 1 is 0.800 bits per heavy atom. The van der Waals surface area contributed by atoms with Crippen LogP contribution in [0.2, 0.25) is 25.7 Å². The summed E-state index contributed by atoms with van der Waals surface area (Å²) in [5.74, 6) is 0.185. The summed E-state index contributed by atoms with van der Waals surface area (Å²) in [6.07, 6.45) is -0.426. The Bertz CT molecular complexity index is 516. The van der Waals surface area contributed by atoms with E-state index in [2.05, 4.69) is 43.9 Å². The van der Waals surface area contributed by atoms with Crippen molar-refractivity contribution >= 4 is 8.07 Å². The van der Waals surface area contributed by atoms with Crippen molar-refractivity contribution in [3.05, 3.63) is 71.8 Å². The predicted octanol–water partition coefficient (Wildman–Crippen LogP) is 4.84. The van der Waals surface area contributed by atoms with Crippen molar-refractivity contribution in [3.63, 3.8) is 0 Å². The molecule has 2 atom stereocenters. The molecule has 20 heavy (non-hydrogen) atoms. The average molecular weight is 284 g/mol. The van der Waals surface area contributed by atoms with Crippen LogP contribution >= 0.6 is 0 Å². The molecule has 0 fully saturated rings. The predicted molar refractivity (Wildman–Crippen MR) is 88.7 cm³/mol. The standard InChI is InChI=1S/C18H24OSi/c1-20(2,3)14-17(15-10-6-4-7-11-15)18(19)16-12-8-5-9-13-16/h4-13,17-19H,14H2,1-3H3/t17-,18-/m0/s1.